The molecule has 0 bridgehead atoms. The number of aryl methyl sites for hydroxylation is 1. The first-order chi connectivity index (χ1) is 8.52. The van der Waals surface area contributed by atoms with Crippen LogP contribution in [0.25, 0.3) is 0 Å². The Morgan fingerprint density at radius 3 is 2.56 bits per heavy atom. The van der Waals surface area contributed by atoms with E-state index in [2.05, 4.69) is 20.2 Å². The van der Waals surface area contributed by atoms with E-state index in [-0.39, 0.29) is 6.61 Å². The van der Waals surface area contributed by atoms with Crippen LogP contribution in [0.2, 0.25) is 0 Å². The van der Waals surface area contributed by atoms with Crippen LogP contribution in [0.4, 0.5) is 11.6 Å². The summed E-state index contributed by atoms with van der Waals surface area (Å²) in [6.45, 7) is 4.33. The lowest BCUT2D eigenvalue weighted by molar-refractivity contribution is 0.304. The fourth-order valence-corrected chi connectivity index (χ4v) is 1.51. The molecule has 0 fully saturated rings. The van der Waals surface area contributed by atoms with E-state index in [0.717, 1.165) is 30.5 Å². The van der Waals surface area contributed by atoms with Gasteiger partial charge < -0.3 is 20.2 Å². The third kappa shape index (κ3) is 4.85. The second-order valence-electron chi connectivity index (χ2n) is 4.53. The summed E-state index contributed by atoms with van der Waals surface area (Å²) in [5, 5.41) is 12.2. The van der Waals surface area contributed by atoms with Gasteiger partial charge >= 0.3 is 0 Å². The summed E-state index contributed by atoms with van der Waals surface area (Å²) in [6.07, 6.45) is 0. The number of rotatable bonds is 7. The van der Waals surface area contributed by atoms with Gasteiger partial charge in [0.25, 0.3) is 0 Å². The lowest BCUT2D eigenvalue weighted by Gasteiger charge is -2.18. The van der Waals surface area contributed by atoms with Gasteiger partial charge in [0.15, 0.2) is 0 Å². The Kier molecular flexibility index (Phi) is 5.80. The quantitative estimate of drug-likeness (QED) is 0.723. The summed E-state index contributed by atoms with van der Waals surface area (Å²) < 4.78 is 0. The molecular weight excluding hydrogens is 230 g/mol. The predicted molar refractivity (Wildman–Crippen MR) is 74.2 cm³/mol. The fourth-order valence-electron chi connectivity index (χ4n) is 1.51. The van der Waals surface area contributed by atoms with Crippen LogP contribution in [-0.4, -0.2) is 67.4 Å². The average Bonchev–Trinajstić information content (AvgIpc) is 2.28. The van der Waals surface area contributed by atoms with Crippen LogP contribution in [0.5, 0.6) is 0 Å². The molecule has 0 unspecified atom stereocenters. The van der Waals surface area contributed by atoms with Gasteiger partial charge in [-0.15, -0.1) is 0 Å². The number of anilines is 2. The Labute approximate surface area is 109 Å². The molecule has 0 aliphatic rings. The van der Waals surface area contributed by atoms with E-state index in [4.69, 9.17) is 5.11 Å². The van der Waals surface area contributed by atoms with Gasteiger partial charge in [0.05, 0.1) is 6.61 Å². The second-order valence-corrected chi connectivity index (χ2v) is 4.53. The van der Waals surface area contributed by atoms with Crippen LogP contribution in [0.1, 0.15) is 5.82 Å². The molecule has 0 amide bonds. The van der Waals surface area contributed by atoms with E-state index in [1.807, 2.05) is 39.0 Å². The molecule has 0 aromatic carbocycles. The van der Waals surface area contributed by atoms with Gasteiger partial charge in [-0.2, -0.15) is 0 Å². The van der Waals surface area contributed by atoms with Crippen molar-refractivity contribution in [3.05, 3.63) is 11.9 Å². The maximum absolute atomic E-state index is 8.93. The van der Waals surface area contributed by atoms with Crippen LogP contribution in [0.3, 0.4) is 0 Å². The maximum Gasteiger partial charge on any atom is 0.134 e. The minimum absolute atomic E-state index is 0.114. The number of aliphatic hydroxyl groups is 1. The number of hydrogen-bond donors (Lipinski definition) is 2. The molecule has 18 heavy (non-hydrogen) atoms. The first-order valence-corrected chi connectivity index (χ1v) is 6.09. The van der Waals surface area contributed by atoms with Crippen molar-refractivity contribution >= 4 is 11.6 Å². The molecule has 0 saturated carbocycles. The first kappa shape index (κ1) is 14.7. The summed E-state index contributed by atoms with van der Waals surface area (Å²) in [5.41, 5.74) is 0. The van der Waals surface area contributed by atoms with Crippen molar-refractivity contribution in [2.24, 2.45) is 0 Å². The monoisotopic (exact) mass is 253 g/mol. The van der Waals surface area contributed by atoms with E-state index in [1.165, 1.54) is 0 Å². The number of hydrogen-bond acceptors (Lipinski definition) is 6. The van der Waals surface area contributed by atoms with Crippen molar-refractivity contribution < 1.29 is 5.11 Å². The Morgan fingerprint density at radius 2 is 1.94 bits per heavy atom. The number of likely N-dealkylation sites (N-methyl/N-ethyl adjacent to an activating group) is 2. The molecule has 0 radical (unpaired) electrons. The molecule has 0 spiro atoms. The van der Waals surface area contributed by atoms with Crippen molar-refractivity contribution in [2.75, 3.05) is 57.6 Å². The van der Waals surface area contributed by atoms with Gasteiger partial charge in [0.2, 0.25) is 0 Å². The highest BCUT2D eigenvalue weighted by molar-refractivity contribution is 5.48. The molecule has 102 valence electrons. The van der Waals surface area contributed by atoms with Crippen LogP contribution in [0, 0.1) is 6.92 Å². The van der Waals surface area contributed by atoms with E-state index in [9.17, 15) is 0 Å². The molecular formula is C12H23N5O. The minimum atomic E-state index is 0.114. The highest BCUT2D eigenvalue weighted by atomic mass is 16.3. The van der Waals surface area contributed by atoms with Crippen LogP contribution < -0.4 is 10.2 Å². The smallest absolute Gasteiger partial charge is 0.134 e. The Bertz CT molecular complexity index is 369. The molecule has 2 N–H and O–H groups in total. The summed E-state index contributed by atoms with van der Waals surface area (Å²) in [5.74, 6) is 2.37. The normalized spacial score (nSPS) is 10.8. The van der Waals surface area contributed by atoms with Crippen molar-refractivity contribution in [3.63, 3.8) is 0 Å². The SMILES string of the molecule is Cc1nc(NCCN(C)C)cc(N(C)CCO)n1. The van der Waals surface area contributed by atoms with Crippen molar-refractivity contribution in [1.29, 1.82) is 0 Å². The van der Waals surface area contributed by atoms with Gasteiger partial charge in [-0.3, -0.25) is 0 Å². The summed E-state index contributed by atoms with van der Waals surface area (Å²) in [7, 11) is 5.97. The van der Waals surface area contributed by atoms with Crippen LogP contribution in [0.15, 0.2) is 6.07 Å². The molecule has 1 aromatic rings. The molecule has 6 nitrogen and oxygen atoms in total. The predicted octanol–water partition coefficient (Wildman–Crippen LogP) is 0.187. The van der Waals surface area contributed by atoms with Gasteiger partial charge in [-0.05, 0) is 21.0 Å². The van der Waals surface area contributed by atoms with Gasteiger partial charge in [0, 0.05) is 32.7 Å². The average molecular weight is 253 g/mol. The standard InChI is InChI=1S/C12H23N5O/c1-10-14-11(13-5-6-16(2)3)9-12(15-10)17(4)7-8-18/h9,18H,5-8H2,1-4H3,(H,13,14,15). The first-order valence-electron chi connectivity index (χ1n) is 6.09. The van der Waals surface area contributed by atoms with E-state index in [1.54, 1.807) is 0 Å². The third-order valence-electron chi connectivity index (χ3n) is 2.52. The number of nitrogens with one attached hydrogen (secondary N) is 1. The lowest BCUT2D eigenvalue weighted by atomic mass is 10.4. The summed E-state index contributed by atoms with van der Waals surface area (Å²) >= 11 is 0. The van der Waals surface area contributed by atoms with E-state index >= 15 is 0 Å². The Morgan fingerprint density at radius 1 is 1.22 bits per heavy atom. The van der Waals surface area contributed by atoms with Gasteiger partial charge in [0.1, 0.15) is 17.5 Å². The number of nitrogens with zero attached hydrogens (tertiary/aromatic N) is 4. The zero-order chi connectivity index (χ0) is 13.5. The van der Waals surface area contributed by atoms with E-state index < -0.39 is 0 Å². The minimum Gasteiger partial charge on any atom is -0.395 e. The van der Waals surface area contributed by atoms with Gasteiger partial charge in [-0.1, -0.05) is 0 Å². The summed E-state index contributed by atoms with van der Waals surface area (Å²) in [6, 6.07) is 1.90. The molecule has 0 aliphatic heterocycles. The van der Waals surface area contributed by atoms with Crippen molar-refractivity contribution in [3.8, 4) is 0 Å². The molecule has 1 aromatic heterocycles. The molecule has 6 heteroatoms. The third-order valence-corrected chi connectivity index (χ3v) is 2.52. The highest BCUT2D eigenvalue weighted by Gasteiger charge is 2.06. The van der Waals surface area contributed by atoms with Gasteiger partial charge in [-0.25, -0.2) is 9.97 Å². The van der Waals surface area contributed by atoms with Crippen molar-refractivity contribution in [2.45, 2.75) is 6.92 Å². The number of aliphatic hydroxyl groups excluding tert-OH is 1. The fraction of sp³-hybridized carbons (Fsp3) is 0.667. The zero-order valence-corrected chi connectivity index (χ0v) is 11.6. The lowest BCUT2D eigenvalue weighted by Crippen LogP contribution is -2.24. The second kappa shape index (κ2) is 7.13. The molecule has 0 aliphatic carbocycles. The van der Waals surface area contributed by atoms with Crippen molar-refractivity contribution in [1.82, 2.24) is 14.9 Å². The highest BCUT2D eigenvalue weighted by Crippen LogP contribution is 2.14. The Balaban J connectivity index is 2.68. The molecule has 1 rings (SSSR count). The molecule has 0 saturated heterocycles. The maximum atomic E-state index is 8.93. The van der Waals surface area contributed by atoms with Crippen LogP contribution >= 0.6 is 0 Å². The van der Waals surface area contributed by atoms with Crippen LogP contribution in [-0.2, 0) is 0 Å². The zero-order valence-electron chi connectivity index (χ0n) is 11.6. The topological polar surface area (TPSA) is 64.5 Å². The number of aromatic nitrogens is 2. The molecule has 1 heterocycles. The van der Waals surface area contributed by atoms with E-state index in [0.29, 0.717) is 6.54 Å². The summed E-state index contributed by atoms with van der Waals surface area (Å²) in [4.78, 5) is 12.7. The largest absolute Gasteiger partial charge is 0.395 e. The molecule has 0 atom stereocenters. The Hall–Kier alpha value is -1.40.